The van der Waals surface area contributed by atoms with Crippen LogP contribution in [-0.2, 0) is 0 Å². The number of nitrogens with zero attached hydrogens (tertiary/aromatic N) is 2. The lowest BCUT2D eigenvalue weighted by Gasteiger charge is -2.14. The van der Waals surface area contributed by atoms with E-state index in [0.717, 1.165) is 11.3 Å². The van der Waals surface area contributed by atoms with Crippen LogP contribution in [0.25, 0.3) is 0 Å². The van der Waals surface area contributed by atoms with Gasteiger partial charge in [0.05, 0.1) is 0 Å². The van der Waals surface area contributed by atoms with Crippen molar-refractivity contribution in [1.29, 1.82) is 0 Å². The summed E-state index contributed by atoms with van der Waals surface area (Å²) in [6.07, 6.45) is -2.50. The van der Waals surface area contributed by atoms with Crippen molar-refractivity contribution in [1.82, 2.24) is 10.1 Å². The molecule has 1 heterocycles. The van der Waals surface area contributed by atoms with E-state index in [1.807, 2.05) is 13.0 Å². The van der Waals surface area contributed by atoms with Crippen LogP contribution in [0.15, 0.2) is 22.7 Å². The first-order valence-corrected chi connectivity index (χ1v) is 6.54. The van der Waals surface area contributed by atoms with Gasteiger partial charge in [-0.15, -0.1) is 0 Å². The van der Waals surface area contributed by atoms with E-state index in [1.165, 1.54) is 0 Å². The topological polar surface area (TPSA) is 60.2 Å². The quantitative estimate of drug-likeness (QED) is 0.884. The first kappa shape index (κ1) is 15.2. The molecule has 114 valence electrons. The summed E-state index contributed by atoms with van der Waals surface area (Å²) in [4.78, 5) is 4.14. The Labute approximate surface area is 121 Å². The van der Waals surface area contributed by atoms with E-state index in [-0.39, 0.29) is 6.04 Å². The highest BCUT2D eigenvalue weighted by molar-refractivity contribution is 5.52. The van der Waals surface area contributed by atoms with Crippen LogP contribution >= 0.6 is 0 Å². The van der Waals surface area contributed by atoms with Gasteiger partial charge in [-0.3, -0.25) is 0 Å². The molecule has 2 rings (SSSR count). The second-order valence-electron chi connectivity index (χ2n) is 4.73. The van der Waals surface area contributed by atoms with Crippen LogP contribution in [0.2, 0.25) is 0 Å². The van der Waals surface area contributed by atoms with Gasteiger partial charge in [0, 0.05) is 11.8 Å². The Balaban J connectivity index is 2.07. The summed E-state index contributed by atoms with van der Waals surface area (Å²) in [5, 5.41) is 6.89. The van der Waals surface area contributed by atoms with Crippen molar-refractivity contribution in [2.45, 2.75) is 33.2 Å². The zero-order chi connectivity index (χ0) is 15.4. The number of ether oxygens (including phenoxy) is 1. The lowest BCUT2D eigenvalue weighted by atomic mass is 10.2. The highest BCUT2D eigenvalue weighted by atomic mass is 19.3. The molecule has 1 N–H and O–H groups in total. The maximum absolute atomic E-state index is 12.2. The number of anilines is 1. The van der Waals surface area contributed by atoms with E-state index in [9.17, 15) is 8.78 Å². The highest BCUT2D eigenvalue weighted by Crippen LogP contribution is 2.25. The first-order valence-electron chi connectivity index (χ1n) is 6.54. The number of alkyl halides is 2. The van der Waals surface area contributed by atoms with E-state index in [1.54, 1.807) is 26.0 Å². The Morgan fingerprint density at radius 3 is 2.71 bits per heavy atom. The summed E-state index contributed by atoms with van der Waals surface area (Å²) in [5.74, 6) is 1.45. The minimum absolute atomic E-state index is 0.197. The summed E-state index contributed by atoms with van der Waals surface area (Å²) in [5.41, 5.74) is 1.52. The number of hydrogen-bond acceptors (Lipinski definition) is 5. The minimum atomic E-state index is -2.50. The largest absolute Gasteiger partial charge is 0.487 e. The van der Waals surface area contributed by atoms with Crippen molar-refractivity contribution in [3.63, 3.8) is 0 Å². The number of aromatic nitrogens is 2. The van der Waals surface area contributed by atoms with Gasteiger partial charge in [0.25, 0.3) is 6.43 Å². The summed E-state index contributed by atoms with van der Waals surface area (Å²) < 4.78 is 34.6. The van der Waals surface area contributed by atoms with Crippen LogP contribution < -0.4 is 10.1 Å². The fourth-order valence-electron chi connectivity index (χ4n) is 1.80. The average Bonchev–Trinajstić information content (AvgIpc) is 2.86. The zero-order valence-corrected chi connectivity index (χ0v) is 12.1. The van der Waals surface area contributed by atoms with Gasteiger partial charge >= 0.3 is 0 Å². The molecule has 1 unspecified atom stereocenters. The molecule has 1 atom stereocenters. The second kappa shape index (κ2) is 6.51. The van der Waals surface area contributed by atoms with E-state index >= 15 is 0 Å². The number of benzene rings is 1. The third-order valence-electron chi connectivity index (χ3n) is 2.85. The van der Waals surface area contributed by atoms with Gasteiger partial charge in [0.15, 0.2) is 5.82 Å². The van der Waals surface area contributed by atoms with Crippen LogP contribution in [0, 0.1) is 13.8 Å². The predicted octanol–water partition coefficient (Wildman–Crippen LogP) is 3.50. The number of nitrogens with one attached hydrogen (secondary N) is 1. The van der Waals surface area contributed by atoms with Gasteiger partial charge in [-0.25, -0.2) is 8.78 Å². The Morgan fingerprint density at radius 2 is 2.10 bits per heavy atom. The first-order chi connectivity index (χ1) is 9.95. The van der Waals surface area contributed by atoms with Gasteiger partial charge < -0.3 is 14.6 Å². The Kier molecular flexibility index (Phi) is 4.72. The average molecular weight is 297 g/mol. The number of halogens is 2. The maximum atomic E-state index is 12.2. The molecule has 0 aliphatic carbocycles. The van der Waals surface area contributed by atoms with Crippen LogP contribution in [0.5, 0.6) is 5.75 Å². The molecular formula is C14H17F2N3O2. The molecular weight excluding hydrogens is 280 g/mol. The van der Waals surface area contributed by atoms with Crippen molar-refractivity contribution >= 4 is 5.69 Å². The Bertz CT molecular complexity index is 602. The molecule has 0 amide bonds. The molecule has 0 spiro atoms. The van der Waals surface area contributed by atoms with Crippen molar-refractivity contribution in [3.8, 4) is 5.75 Å². The van der Waals surface area contributed by atoms with E-state index < -0.39 is 13.0 Å². The van der Waals surface area contributed by atoms with Gasteiger partial charge in [-0.05, 0) is 32.4 Å². The SMILES string of the molecule is Cc1noc(C(C)Nc2ccc(C)c(OCC(F)F)c2)n1. The van der Waals surface area contributed by atoms with Gasteiger partial charge in [-0.2, -0.15) is 4.98 Å². The molecule has 1 aromatic heterocycles. The predicted molar refractivity (Wildman–Crippen MR) is 73.8 cm³/mol. The molecule has 0 radical (unpaired) electrons. The van der Waals surface area contributed by atoms with Crippen molar-refractivity contribution in [2.24, 2.45) is 0 Å². The van der Waals surface area contributed by atoms with Crippen molar-refractivity contribution in [3.05, 3.63) is 35.5 Å². The van der Waals surface area contributed by atoms with Gasteiger partial charge in [0.2, 0.25) is 5.89 Å². The second-order valence-corrected chi connectivity index (χ2v) is 4.73. The third kappa shape index (κ3) is 4.14. The van der Waals surface area contributed by atoms with Crippen LogP contribution in [0.1, 0.15) is 30.2 Å². The van der Waals surface area contributed by atoms with Gasteiger partial charge in [-0.1, -0.05) is 11.2 Å². The Hall–Kier alpha value is -2.18. The third-order valence-corrected chi connectivity index (χ3v) is 2.85. The molecule has 0 saturated carbocycles. The molecule has 7 heteroatoms. The summed E-state index contributed by atoms with van der Waals surface area (Å²) >= 11 is 0. The molecule has 1 aromatic carbocycles. The summed E-state index contributed by atoms with van der Waals surface area (Å²) in [6.45, 7) is 4.78. The number of rotatable bonds is 6. The smallest absolute Gasteiger partial charge is 0.272 e. The molecule has 2 aromatic rings. The van der Waals surface area contributed by atoms with Crippen molar-refractivity contribution < 1.29 is 18.0 Å². The minimum Gasteiger partial charge on any atom is -0.487 e. The van der Waals surface area contributed by atoms with Crippen molar-refractivity contribution in [2.75, 3.05) is 11.9 Å². The highest BCUT2D eigenvalue weighted by Gasteiger charge is 2.13. The van der Waals surface area contributed by atoms with E-state index in [4.69, 9.17) is 9.26 Å². The molecule has 21 heavy (non-hydrogen) atoms. The molecule has 0 aliphatic rings. The lowest BCUT2D eigenvalue weighted by molar-refractivity contribution is 0.0816. The monoisotopic (exact) mass is 297 g/mol. The number of hydrogen-bond donors (Lipinski definition) is 1. The van der Waals surface area contributed by atoms with Crippen LogP contribution in [0.3, 0.4) is 0 Å². The zero-order valence-electron chi connectivity index (χ0n) is 12.1. The van der Waals surface area contributed by atoms with E-state index in [2.05, 4.69) is 15.5 Å². The fraction of sp³-hybridized carbons (Fsp3) is 0.429. The van der Waals surface area contributed by atoms with E-state index in [0.29, 0.717) is 17.5 Å². The molecule has 0 aliphatic heterocycles. The molecule has 0 saturated heterocycles. The van der Waals surface area contributed by atoms with Crippen LogP contribution in [-0.4, -0.2) is 23.2 Å². The number of aryl methyl sites for hydroxylation is 2. The fourth-order valence-corrected chi connectivity index (χ4v) is 1.80. The summed E-state index contributed by atoms with van der Waals surface area (Å²) in [6, 6.07) is 5.12. The maximum Gasteiger partial charge on any atom is 0.272 e. The normalized spacial score (nSPS) is 12.5. The molecule has 0 bridgehead atoms. The standard InChI is InChI=1S/C14H17F2N3O2/c1-8-4-5-11(6-12(8)20-7-13(15)16)17-9(2)14-18-10(3)19-21-14/h4-6,9,13,17H,7H2,1-3H3. The van der Waals surface area contributed by atoms with Gasteiger partial charge in [0.1, 0.15) is 18.4 Å². The Morgan fingerprint density at radius 1 is 1.33 bits per heavy atom. The molecule has 0 fully saturated rings. The lowest BCUT2D eigenvalue weighted by Crippen LogP contribution is -2.09. The molecule has 5 nitrogen and oxygen atoms in total. The summed E-state index contributed by atoms with van der Waals surface area (Å²) in [7, 11) is 0. The van der Waals surface area contributed by atoms with Crippen LogP contribution in [0.4, 0.5) is 14.5 Å².